The molecule has 2 rings (SSSR count). The Labute approximate surface area is 121 Å². The number of carbonyl (C=O) groups excluding carboxylic acids is 1. The lowest BCUT2D eigenvalue weighted by molar-refractivity contribution is 0.0693. The van der Waals surface area contributed by atoms with E-state index in [4.69, 9.17) is 0 Å². The fourth-order valence-electron chi connectivity index (χ4n) is 2.50. The number of aromatic hydroxyl groups is 1. The molecule has 0 unspecified atom stereocenters. The molecule has 1 N–H and O–H groups in total. The van der Waals surface area contributed by atoms with Crippen LogP contribution in [0.3, 0.4) is 0 Å². The Balaban J connectivity index is 2.16. The molecule has 0 radical (unpaired) electrons. The van der Waals surface area contributed by atoms with E-state index in [0.29, 0.717) is 11.6 Å². The molecule has 98 valence electrons. The number of carbonyl (C=O) groups is 1. The van der Waals surface area contributed by atoms with Crippen molar-refractivity contribution in [1.29, 1.82) is 0 Å². The number of phenols is 1. The first-order valence-electron chi connectivity index (χ1n) is 6.35. The Bertz CT molecular complexity index is 441. The minimum atomic E-state index is -0.0714. The van der Waals surface area contributed by atoms with Crippen LogP contribution in [0.25, 0.3) is 0 Å². The molecule has 1 amide bonds. The van der Waals surface area contributed by atoms with E-state index in [0.717, 1.165) is 16.4 Å². The van der Waals surface area contributed by atoms with Gasteiger partial charge in [-0.15, -0.1) is 0 Å². The standard InChI is InChI=1S/C14H18INO2/c1-16(11-5-3-2-4-6-11)14(18)12-9-10(15)7-8-13(12)17/h7-9,11,17H,2-6H2,1H3. The molecule has 0 aromatic heterocycles. The zero-order valence-corrected chi connectivity index (χ0v) is 12.7. The summed E-state index contributed by atoms with van der Waals surface area (Å²) in [5.74, 6) is 0.000918. The molecule has 4 heteroatoms. The topological polar surface area (TPSA) is 40.5 Å². The SMILES string of the molecule is CN(C(=O)c1cc(I)ccc1O)C1CCCCC1. The van der Waals surface area contributed by atoms with Gasteiger partial charge >= 0.3 is 0 Å². The maximum Gasteiger partial charge on any atom is 0.257 e. The molecular weight excluding hydrogens is 341 g/mol. The third-order valence-electron chi connectivity index (χ3n) is 3.63. The Morgan fingerprint density at radius 2 is 2.00 bits per heavy atom. The van der Waals surface area contributed by atoms with Crippen LogP contribution < -0.4 is 0 Å². The molecular formula is C14H18INO2. The first kappa shape index (κ1) is 13.6. The third kappa shape index (κ3) is 2.96. The van der Waals surface area contributed by atoms with Gasteiger partial charge in [0.2, 0.25) is 0 Å². The summed E-state index contributed by atoms with van der Waals surface area (Å²) in [6.07, 6.45) is 5.81. The summed E-state index contributed by atoms with van der Waals surface area (Å²) in [5.41, 5.74) is 0.412. The molecule has 0 heterocycles. The van der Waals surface area contributed by atoms with E-state index in [-0.39, 0.29) is 11.7 Å². The predicted octanol–water partition coefficient (Wildman–Crippen LogP) is 3.40. The van der Waals surface area contributed by atoms with Crippen molar-refractivity contribution in [2.75, 3.05) is 7.05 Å². The Hall–Kier alpha value is -0.780. The molecule has 0 aliphatic heterocycles. The summed E-state index contributed by atoms with van der Waals surface area (Å²) in [6, 6.07) is 5.46. The average Bonchev–Trinajstić information content (AvgIpc) is 2.41. The lowest BCUT2D eigenvalue weighted by Gasteiger charge is -2.31. The molecule has 0 atom stereocenters. The average molecular weight is 359 g/mol. The van der Waals surface area contributed by atoms with Crippen LogP contribution in [-0.4, -0.2) is 29.0 Å². The number of hydrogen-bond donors (Lipinski definition) is 1. The maximum absolute atomic E-state index is 12.4. The van der Waals surface area contributed by atoms with Crippen LogP contribution in [0.2, 0.25) is 0 Å². The monoisotopic (exact) mass is 359 g/mol. The molecule has 1 aromatic rings. The number of benzene rings is 1. The third-order valence-corrected chi connectivity index (χ3v) is 4.30. The Morgan fingerprint density at radius 3 is 2.67 bits per heavy atom. The highest BCUT2D eigenvalue weighted by Crippen LogP contribution is 2.26. The molecule has 0 bridgehead atoms. The summed E-state index contributed by atoms with van der Waals surface area (Å²) in [7, 11) is 1.84. The predicted molar refractivity (Wildman–Crippen MR) is 79.8 cm³/mol. The highest BCUT2D eigenvalue weighted by molar-refractivity contribution is 14.1. The zero-order valence-electron chi connectivity index (χ0n) is 10.5. The first-order chi connectivity index (χ1) is 8.59. The fourth-order valence-corrected chi connectivity index (χ4v) is 2.99. The second kappa shape index (κ2) is 5.91. The number of hydrogen-bond acceptors (Lipinski definition) is 2. The van der Waals surface area contributed by atoms with Gasteiger partial charge in [-0.3, -0.25) is 4.79 Å². The van der Waals surface area contributed by atoms with Gasteiger partial charge in [-0.1, -0.05) is 19.3 Å². The molecule has 1 aliphatic carbocycles. The highest BCUT2D eigenvalue weighted by atomic mass is 127. The molecule has 0 spiro atoms. The van der Waals surface area contributed by atoms with Gasteiger partial charge in [-0.2, -0.15) is 0 Å². The second-order valence-electron chi connectivity index (χ2n) is 4.87. The van der Waals surface area contributed by atoms with Crippen molar-refractivity contribution >= 4 is 28.5 Å². The lowest BCUT2D eigenvalue weighted by Crippen LogP contribution is -2.38. The first-order valence-corrected chi connectivity index (χ1v) is 7.43. The van der Waals surface area contributed by atoms with Crippen LogP contribution in [0.15, 0.2) is 18.2 Å². The van der Waals surface area contributed by atoms with E-state index in [2.05, 4.69) is 22.6 Å². The van der Waals surface area contributed by atoms with E-state index >= 15 is 0 Å². The number of phenolic OH excluding ortho intramolecular Hbond substituents is 1. The van der Waals surface area contributed by atoms with Gasteiger partial charge in [0.15, 0.2) is 0 Å². The van der Waals surface area contributed by atoms with Crippen molar-refractivity contribution < 1.29 is 9.90 Å². The Kier molecular flexibility index (Phi) is 4.48. The van der Waals surface area contributed by atoms with Crippen LogP contribution in [-0.2, 0) is 0 Å². The van der Waals surface area contributed by atoms with Gasteiger partial charge in [0.05, 0.1) is 5.56 Å². The van der Waals surface area contributed by atoms with Crippen LogP contribution >= 0.6 is 22.6 Å². The molecule has 1 aromatic carbocycles. The van der Waals surface area contributed by atoms with Crippen molar-refractivity contribution in [2.24, 2.45) is 0 Å². The van der Waals surface area contributed by atoms with Crippen molar-refractivity contribution in [3.05, 3.63) is 27.3 Å². The van der Waals surface area contributed by atoms with Crippen molar-refractivity contribution in [2.45, 2.75) is 38.1 Å². The van der Waals surface area contributed by atoms with Gasteiger partial charge in [0.1, 0.15) is 5.75 Å². The van der Waals surface area contributed by atoms with Gasteiger partial charge in [-0.25, -0.2) is 0 Å². The number of amides is 1. The Morgan fingerprint density at radius 1 is 1.33 bits per heavy atom. The summed E-state index contributed by atoms with van der Waals surface area (Å²) in [6.45, 7) is 0. The van der Waals surface area contributed by atoms with Gasteiger partial charge in [0, 0.05) is 16.7 Å². The van der Waals surface area contributed by atoms with E-state index in [1.54, 1.807) is 23.1 Å². The number of rotatable bonds is 2. The van der Waals surface area contributed by atoms with E-state index in [1.165, 1.54) is 19.3 Å². The molecule has 1 saturated carbocycles. The van der Waals surface area contributed by atoms with Crippen LogP contribution in [0.5, 0.6) is 5.75 Å². The molecule has 1 fully saturated rings. The van der Waals surface area contributed by atoms with E-state index < -0.39 is 0 Å². The van der Waals surface area contributed by atoms with E-state index in [1.807, 2.05) is 7.05 Å². The highest BCUT2D eigenvalue weighted by Gasteiger charge is 2.24. The summed E-state index contributed by atoms with van der Waals surface area (Å²) < 4.78 is 0.964. The summed E-state index contributed by atoms with van der Waals surface area (Å²) >= 11 is 2.15. The smallest absolute Gasteiger partial charge is 0.257 e. The largest absolute Gasteiger partial charge is 0.507 e. The van der Waals surface area contributed by atoms with Gasteiger partial charge < -0.3 is 10.0 Å². The number of nitrogens with zero attached hydrogens (tertiary/aromatic N) is 1. The zero-order chi connectivity index (χ0) is 13.1. The fraction of sp³-hybridized carbons (Fsp3) is 0.500. The molecule has 3 nitrogen and oxygen atoms in total. The molecule has 1 aliphatic rings. The quantitative estimate of drug-likeness (QED) is 0.823. The number of halogens is 1. The van der Waals surface area contributed by atoms with Crippen LogP contribution in [0.1, 0.15) is 42.5 Å². The van der Waals surface area contributed by atoms with Crippen molar-refractivity contribution in [3.63, 3.8) is 0 Å². The second-order valence-corrected chi connectivity index (χ2v) is 6.11. The lowest BCUT2D eigenvalue weighted by atomic mass is 9.94. The van der Waals surface area contributed by atoms with Crippen LogP contribution in [0, 0.1) is 3.57 Å². The van der Waals surface area contributed by atoms with Gasteiger partial charge in [-0.05, 0) is 53.6 Å². The maximum atomic E-state index is 12.4. The summed E-state index contributed by atoms with van der Waals surface area (Å²) in [4.78, 5) is 14.2. The van der Waals surface area contributed by atoms with E-state index in [9.17, 15) is 9.90 Å². The van der Waals surface area contributed by atoms with Gasteiger partial charge in [0.25, 0.3) is 5.91 Å². The van der Waals surface area contributed by atoms with Crippen molar-refractivity contribution in [1.82, 2.24) is 4.90 Å². The normalized spacial score (nSPS) is 16.6. The summed E-state index contributed by atoms with van der Waals surface area (Å²) in [5, 5.41) is 9.80. The molecule has 18 heavy (non-hydrogen) atoms. The van der Waals surface area contributed by atoms with Crippen molar-refractivity contribution in [3.8, 4) is 5.75 Å². The minimum absolute atomic E-state index is 0.0714. The van der Waals surface area contributed by atoms with Crippen LogP contribution in [0.4, 0.5) is 0 Å². The minimum Gasteiger partial charge on any atom is -0.507 e. The molecule has 0 saturated heterocycles.